The van der Waals surface area contributed by atoms with Crippen LogP contribution in [0.5, 0.6) is 0 Å². The largest absolute Gasteiger partial charge is 0.354 e. The number of nitrogens with one attached hydrogen (secondary N) is 2. The summed E-state index contributed by atoms with van der Waals surface area (Å²) >= 11 is 0. The molecule has 1 fully saturated rings. The van der Waals surface area contributed by atoms with Gasteiger partial charge in [-0.05, 0) is 64.1 Å². The third-order valence-corrected chi connectivity index (χ3v) is 5.36. The molecule has 3 rings (SSSR count). The molecule has 0 saturated carbocycles. The molecule has 1 aliphatic heterocycles. The molecule has 134 valence electrons. The summed E-state index contributed by atoms with van der Waals surface area (Å²) in [5.74, 6) is 0.965. The fraction of sp³-hybridized carbons (Fsp3) is 0.667. The van der Waals surface area contributed by atoms with E-state index in [1.54, 1.807) is 0 Å². The number of hydrogen-bond acceptors (Lipinski definition) is 3. The fourth-order valence-corrected chi connectivity index (χ4v) is 3.92. The van der Waals surface area contributed by atoms with E-state index in [1.807, 2.05) is 18.9 Å². The van der Waals surface area contributed by atoms with Crippen LogP contribution in [0.3, 0.4) is 0 Å². The number of H-pyrrole nitrogens is 1. The summed E-state index contributed by atoms with van der Waals surface area (Å²) in [4.78, 5) is 30.1. The normalized spacial score (nSPS) is 18.2. The number of fused-ring (bicyclic) bond motifs is 1. The quantitative estimate of drug-likeness (QED) is 0.874. The Morgan fingerprint density at radius 3 is 2.62 bits per heavy atom. The topological polar surface area (TPSA) is 65.2 Å². The molecule has 0 bridgehead atoms. The van der Waals surface area contributed by atoms with Crippen LogP contribution in [0, 0.1) is 12.8 Å². The molecule has 2 N–H and O–H groups in total. The number of nitrogens with zero attached hydrogens (tertiary/aromatic N) is 1. The van der Waals surface area contributed by atoms with Crippen LogP contribution in [-0.4, -0.2) is 48.3 Å². The van der Waals surface area contributed by atoms with Crippen molar-refractivity contribution in [3.63, 3.8) is 0 Å². The number of piperidine rings is 1. The molecule has 1 aliphatic carbocycles. The standard InChI is InChI=1S/C18H27N3O2.ClH/c1-12-16-14(4-3-5-15(16)22)20-17(12)18(23)21-10-7-13(8-11-21)6-9-19-2;/h13,19-20H,3-11H2,1-2H3;1H. The molecule has 0 atom stereocenters. The Balaban J connectivity index is 0.00000208. The Labute approximate surface area is 150 Å². The molecule has 1 amide bonds. The number of rotatable bonds is 4. The summed E-state index contributed by atoms with van der Waals surface area (Å²) in [6.45, 7) is 4.60. The van der Waals surface area contributed by atoms with Crippen molar-refractivity contribution < 1.29 is 9.59 Å². The zero-order chi connectivity index (χ0) is 16.4. The minimum atomic E-state index is 0. The maximum atomic E-state index is 12.8. The molecule has 2 heterocycles. The van der Waals surface area contributed by atoms with Gasteiger partial charge in [-0.3, -0.25) is 9.59 Å². The van der Waals surface area contributed by atoms with Crippen molar-refractivity contribution in [2.75, 3.05) is 26.7 Å². The molecule has 24 heavy (non-hydrogen) atoms. The minimum Gasteiger partial charge on any atom is -0.354 e. The summed E-state index contributed by atoms with van der Waals surface area (Å²) in [5.41, 5.74) is 3.24. The third kappa shape index (κ3) is 3.67. The number of aromatic nitrogens is 1. The molecule has 0 unspecified atom stereocenters. The number of amides is 1. The number of carbonyl (C=O) groups excluding carboxylic acids is 2. The molecule has 1 saturated heterocycles. The first kappa shape index (κ1) is 19.0. The van der Waals surface area contributed by atoms with Gasteiger partial charge in [-0.15, -0.1) is 12.4 Å². The number of aromatic amines is 1. The molecule has 1 aromatic heterocycles. The number of halogens is 1. The van der Waals surface area contributed by atoms with Crippen LogP contribution < -0.4 is 5.32 Å². The molecular weight excluding hydrogens is 326 g/mol. The first-order valence-corrected chi connectivity index (χ1v) is 8.80. The van der Waals surface area contributed by atoms with E-state index < -0.39 is 0 Å². The molecule has 1 aromatic rings. The second kappa shape index (κ2) is 8.17. The fourth-order valence-electron chi connectivity index (χ4n) is 3.92. The lowest BCUT2D eigenvalue weighted by Crippen LogP contribution is -2.39. The van der Waals surface area contributed by atoms with Crippen molar-refractivity contribution in [1.29, 1.82) is 0 Å². The second-order valence-corrected chi connectivity index (χ2v) is 6.88. The highest BCUT2D eigenvalue weighted by Crippen LogP contribution is 2.28. The monoisotopic (exact) mass is 353 g/mol. The average molecular weight is 354 g/mol. The summed E-state index contributed by atoms with van der Waals surface area (Å²) in [7, 11) is 1.98. The van der Waals surface area contributed by atoms with Crippen molar-refractivity contribution in [2.45, 2.75) is 45.4 Å². The molecular formula is C18H28ClN3O2. The Morgan fingerprint density at radius 2 is 2.00 bits per heavy atom. The second-order valence-electron chi connectivity index (χ2n) is 6.88. The van der Waals surface area contributed by atoms with E-state index in [4.69, 9.17) is 0 Å². The van der Waals surface area contributed by atoms with Gasteiger partial charge in [-0.1, -0.05) is 0 Å². The van der Waals surface area contributed by atoms with Crippen LogP contribution >= 0.6 is 12.4 Å². The van der Waals surface area contributed by atoms with Crippen molar-refractivity contribution in [3.8, 4) is 0 Å². The van der Waals surface area contributed by atoms with Gasteiger partial charge in [-0.2, -0.15) is 0 Å². The highest BCUT2D eigenvalue weighted by atomic mass is 35.5. The highest BCUT2D eigenvalue weighted by molar-refractivity contribution is 6.04. The van der Waals surface area contributed by atoms with Crippen LogP contribution in [-0.2, 0) is 6.42 Å². The Morgan fingerprint density at radius 1 is 1.29 bits per heavy atom. The molecule has 6 heteroatoms. The SMILES string of the molecule is CNCCC1CCN(C(=O)c2[nH]c3c(c2C)C(=O)CCC3)CC1.Cl. The number of Topliss-reactive ketones (excluding diaryl/α,β-unsaturated/α-hetero) is 1. The maximum Gasteiger partial charge on any atom is 0.270 e. The van der Waals surface area contributed by atoms with Gasteiger partial charge in [-0.25, -0.2) is 0 Å². The minimum absolute atomic E-state index is 0. The van der Waals surface area contributed by atoms with Crippen molar-refractivity contribution in [3.05, 3.63) is 22.5 Å². The molecule has 2 aliphatic rings. The lowest BCUT2D eigenvalue weighted by molar-refractivity contribution is 0.0681. The van der Waals surface area contributed by atoms with Crippen LogP contribution in [0.25, 0.3) is 0 Å². The third-order valence-electron chi connectivity index (χ3n) is 5.36. The van der Waals surface area contributed by atoms with E-state index in [9.17, 15) is 9.59 Å². The number of hydrogen-bond donors (Lipinski definition) is 2. The number of carbonyl (C=O) groups is 2. The smallest absolute Gasteiger partial charge is 0.270 e. The first-order chi connectivity index (χ1) is 11.1. The summed E-state index contributed by atoms with van der Waals surface area (Å²) in [6.07, 6.45) is 5.70. The lowest BCUT2D eigenvalue weighted by atomic mass is 9.92. The van der Waals surface area contributed by atoms with E-state index in [0.717, 1.165) is 62.1 Å². The summed E-state index contributed by atoms with van der Waals surface area (Å²) in [6, 6.07) is 0. The Bertz CT molecular complexity index is 604. The van der Waals surface area contributed by atoms with Gasteiger partial charge in [0.15, 0.2) is 5.78 Å². The van der Waals surface area contributed by atoms with Crippen LogP contribution in [0.4, 0.5) is 0 Å². The zero-order valence-corrected chi connectivity index (χ0v) is 15.4. The summed E-state index contributed by atoms with van der Waals surface area (Å²) in [5, 5.41) is 3.20. The number of likely N-dealkylation sites (tertiary alicyclic amines) is 1. The van der Waals surface area contributed by atoms with Gasteiger partial charge in [0.25, 0.3) is 5.91 Å². The van der Waals surface area contributed by atoms with Gasteiger partial charge in [0, 0.05) is 30.8 Å². The first-order valence-electron chi connectivity index (χ1n) is 8.80. The Kier molecular flexibility index (Phi) is 6.47. The molecule has 0 spiro atoms. The van der Waals surface area contributed by atoms with E-state index in [1.165, 1.54) is 6.42 Å². The van der Waals surface area contributed by atoms with Gasteiger partial charge in [0.05, 0.1) is 0 Å². The van der Waals surface area contributed by atoms with Gasteiger partial charge in [0.2, 0.25) is 0 Å². The predicted molar refractivity (Wildman–Crippen MR) is 97.2 cm³/mol. The van der Waals surface area contributed by atoms with Gasteiger partial charge < -0.3 is 15.2 Å². The molecule has 5 nitrogen and oxygen atoms in total. The highest BCUT2D eigenvalue weighted by Gasteiger charge is 2.30. The van der Waals surface area contributed by atoms with Crippen molar-refractivity contribution in [1.82, 2.24) is 15.2 Å². The van der Waals surface area contributed by atoms with Crippen LogP contribution in [0.2, 0.25) is 0 Å². The van der Waals surface area contributed by atoms with Crippen molar-refractivity contribution >= 4 is 24.1 Å². The lowest BCUT2D eigenvalue weighted by Gasteiger charge is -2.32. The van der Waals surface area contributed by atoms with Crippen LogP contribution in [0.15, 0.2) is 0 Å². The average Bonchev–Trinajstić information content (AvgIpc) is 2.91. The molecule has 0 radical (unpaired) electrons. The van der Waals surface area contributed by atoms with Gasteiger partial charge in [0.1, 0.15) is 5.69 Å². The predicted octanol–water partition coefficient (Wildman–Crippen LogP) is 2.73. The number of ketones is 1. The van der Waals surface area contributed by atoms with Crippen LogP contribution in [0.1, 0.15) is 64.2 Å². The molecule has 0 aromatic carbocycles. The Hall–Kier alpha value is -1.33. The maximum absolute atomic E-state index is 12.8. The van der Waals surface area contributed by atoms with E-state index >= 15 is 0 Å². The van der Waals surface area contributed by atoms with Gasteiger partial charge >= 0.3 is 0 Å². The van der Waals surface area contributed by atoms with E-state index in [2.05, 4.69) is 10.3 Å². The summed E-state index contributed by atoms with van der Waals surface area (Å²) < 4.78 is 0. The number of aryl methyl sites for hydroxylation is 1. The van der Waals surface area contributed by atoms with Crippen molar-refractivity contribution in [2.24, 2.45) is 5.92 Å². The van der Waals surface area contributed by atoms with E-state index in [-0.39, 0.29) is 24.1 Å². The zero-order valence-electron chi connectivity index (χ0n) is 14.6. The van der Waals surface area contributed by atoms with E-state index in [0.29, 0.717) is 18.0 Å².